The Hall–Kier alpha value is -1.68. The highest BCUT2D eigenvalue weighted by molar-refractivity contribution is 7.17. The monoisotopic (exact) mass is 383 g/mol. The SMILES string of the molecule is BC(B)(OC)c1nn2c(CN3C[C@H](CCC)NC3=O)c(C(F)F)nc2s1. The first-order chi connectivity index (χ1) is 12.3. The molecular formula is C14H21B2F2N5O2S. The average Bonchev–Trinajstić information content (AvgIpc) is 3.23. The number of urea groups is 1. The van der Waals surface area contributed by atoms with Gasteiger partial charge in [0.25, 0.3) is 6.43 Å². The van der Waals surface area contributed by atoms with Crippen molar-refractivity contribution in [3.05, 3.63) is 16.4 Å². The molecule has 3 rings (SSSR count). The third-order valence-corrected chi connectivity index (χ3v) is 5.81. The van der Waals surface area contributed by atoms with E-state index >= 15 is 0 Å². The van der Waals surface area contributed by atoms with Gasteiger partial charge in [0.15, 0.2) is 0 Å². The van der Waals surface area contributed by atoms with E-state index < -0.39 is 11.8 Å². The first-order valence-electron chi connectivity index (χ1n) is 8.54. The number of nitrogens with zero attached hydrogens (tertiary/aromatic N) is 4. The molecule has 7 nitrogen and oxygen atoms in total. The van der Waals surface area contributed by atoms with Crippen LogP contribution in [0.4, 0.5) is 13.6 Å². The number of amides is 2. The molecule has 1 atom stereocenters. The molecule has 1 aliphatic heterocycles. The fourth-order valence-corrected chi connectivity index (χ4v) is 3.95. The van der Waals surface area contributed by atoms with E-state index in [9.17, 15) is 13.6 Å². The molecule has 1 N–H and O–H groups in total. The Bertz CT molecular complexity index is 813. The molecule has 0 aromatic carbocycles. The molecule has 0 spiro atoms. The number of carbonyl (C=O) groups excluding carboxylic acids is 1. The van der Waals surface area contributed by atoms with Gasteiger partial charge in [-0.3, -0.25) is 0 Å². The molecule has 12 heteroatoms. The molecule has 0 unspecified atom stereocenters. The van der Waals surface area contributed by atoms with Crippen LogP contribution in [0, 0.1) is 0 Å². The maximum Gasteiger partial charge on any atom is 0.318 e. The van der Waals surface area contributed by atoms with Crippen molar-refractivity contribution < 1.29 is 18.3 Å². The summed E-state index contributed by atoms with van der Waals surface area (Å²) in [7, 11) is 5.27. The number of halogens is 2. The summed E-state index contributed by atoms with van der Waals surface area (Å²) in [5, 5.41) is 7.31. The maximum absolute atomic E-state index is 13.5. The van der Waals surface area contributed by atoms with Crippen molar-refractivity contribution in [2.75, 3.05) is 13.7 Å². The normalized spacial score (nSPS) is 18.3. The third-order valence-electron chi connectivity index (χ3n) is 4.59. The molecular weight excluding hydrogens is 362 g/mol. The molecule has 140 valence electrons. The zero-order valence-electron chi connectivity index (χ0n) is 15.3. The number of alkyl halides is 2. The minimum atomic E-state index is -2.73. The smallest absolute Gasteiger partial charge is 0.318 e. The van der Waals surface area contributed by atoms with Crippen LogP contribution >= 0.6 is 11.3 Å². The highest BCUT2D eigenvalue weighted by Gasteiger charge is 2.33. The zero-order chi connectivity index (χ0) is 19.1. The van der Waals surface area contributed by atoms with Gasteiger partial charge in [0.1, 0.15) is 26.4 Å². The van der Waals surface area contributed by atoms with Crippen molar-refractivity contribution in [2.45, 2.75) is 44.2 Å². The number of methoxy groups -OCH3 is 1. The standard InChI is InChI=1S/C14H21B2F2N5O2S/c1-3-4-7-5-22(12(24)19-7)6-8-9(10(17)18)20-13-23(8)21-11(26-13)14(15,16)25-2/h7,10H,3-6,15-16H2,1-2H3,(H,19,24)/t7-/m0/s1. The minimum Gasteiger partial charge on any atom is -0.389 e. The van der Waals surface area contributed by atoms with Crippen molar-refractivity contribution in [3.63, 3.8) is 0 Å². The predicted molar refractivity (Wildman–Crippen MR) is 99.2 cm³/mol. The van der Waals surface area contributed by atoms with E-state index in [2.05, 4.69) is 15.4 Å². The van der Waals surface area contributed by atoms with Crippen molar-refractivity contribution in [1.29, 1.82) is 0 Å². The molecule has 3 heterocycles. The van der Waals surface area contributed by atoms with Gasteiger partial charge in [-0.25, -0.2) is 23.1 Å². The summed E-state index contributed by atoms with van der Waals surface area (Å²) in [6, 6.07) is -0.198. The lowest BCUT2D eigenvalue weighted by atomic mass is 9.66. The Morgan fingerprint density at radius 3 is 2.85 bits per heavy atom. The fraction of sp³-hybridized carbons (Fsp3) is 0.643. The summed E-state index contributed by atoms with van der Waals surface area (Å²) in [5.41, 5.74) is -0.0750. The number of hydrogen-bond acceptors (Lipinski definition) is 5. The van der Waals surface area contributed by atoms with E-state index in [1.54, 1.807) is 7.11 Å². The molecule has 0 saturated carbocycles. The van der Waals surface area contributed by atoms with Crippen LogP contribution in [0.1, 0.15) is 42.6 Å². The maximum atomic E-state index is 13.5. The topological polar surface area (TPSA) is 71.8 Å². The predicted octanol–water partition coefficient (Wildman–Crippen LogP) is 0.445. The molecule has 0 bridgehead atoms. The van der Waals surface area contributed by atoms with Gasteiger partial charge in [-0.05, 0) is 6.42 Å². The Balaban J connectivity index is 1.95. The van der Waals surface area contributed by atoms with Crippen molar-refractivity contribution >= 4 is 38.0 Å². The van der Waals surface area contributed by atoms with Gasteiger partial charge in [-0.1, -0.05) is 24.7 Å². The number of carbonyl (C=O) groups is 1. The molecule has 26 heavy (non-hydrogen) atoms. The van der Waals surface area contributed by atoms with Gasteiger partial charge in [0.2, 0.25) is 4.96 Å². The molecule has 1 aliphatic rings. The van der Waals surface area contributed by atoms with Gasteiger partial charge >= 0.3 is 6.03 Å². The van der Waals surface area contributed by atoms with E-state index in [0.29, 0.717) is 16.5 Å². The second kappa shape index (κ2) is 7.15. The number of hydrogen-bond donors (Lipinski definition) is 1. The first-order valence-corrected chi connectivity index (χ1v) is 9.36. The van der Waals surface area contributed by atoms with Gasteiger partial charge < -0.3 is 15.0 Å². The number of rotatable bonds is 7. The van der Waals surface area contributed by atoms with Crippen LogP contribution in [0.3, 0.4) is 0 Å². The average molecular weight is 383 g/mol. The van der Waals surface area contributed by atoms with Crippen LogP contribution in [-0.2, 0) is 16.7 Å². The Morgan fingerprint density at radius 1 is 1.50 bits per heavy atom. The lowest BCUT2D eigenvalue weighted by Gasteiger charge is -2.19. The molecule has 2 amide bonds. The van der Waals surface area contributed by atoms with E-state index in [4.69, 9.17) is 4.74 Å². The second-order valence-corrected chi connectivity index (χ2v) is 7.83. The van der Waals surface area contributed by atoms with E-state index in [1.165, 1.54) is 20.8 Å². The number of aromatic nitrogens is 3. The number of imidazole rings is 1. The lowest BCUT2D eigenvalue weighted by molar-refractivity contribution is 0.131. The van der Waals surface area contributed by atoms with Gasteiger partial charge in [-0.2, -0.15) is 5.10 Å². The van der Waals surface area contributed by atoms with Crippen molar-refractivity contribution in [2.24, 2.45) is 0 Å². The minimum absolute atomic E-state index is 0.0451. The molecule has 1 fully saturated rings. The first kappa shape index (κ1) is 19.1. The van der Waals surface area contributed by atoms with Crippen LogP contribution in [0.25, 0.3) is 4.96 Å². The molecule has 2 aromatic heterocycles. The number of nitrogens with one attached hydrogen (secondary N) is 1. The summed E-state index contributed by atoms with van der Waals surface area (Å²) >= 11 is 1.21. The summed E-state index contributed by atoms with van der Waals surface area (Å²) in [5.74, 6) is 0. The van der Waals surface area contributed by atoms with E-state index in [1.807, 2.05) is 22.6 Å². The lowest BCUT2D eigenvalue weighted by Crippen LogP contribution is -2.30. The van der Waals surface area contributed by atoms with Gasteiger partial charge in [-0.15, -0.1) is 0 Å². The highest BCUT2D eigenvalue weighted by atomic mass is 32.1. The van der Waals surface area contributed by atoms with Crippen LogP contribution in [0.5, 0.6) is 0 Å². The third kappa shape index (κ3) is 3.44. The molecule has 2 aromatic rings. The van der Waals surface area contributed by atoms with Gasteiger partial charge in [0, 0.05) is 19.7 Å². The summed E-state index contributed by atoms with van der Waals surface area (Å²) < 4.78 is 33.8. The summed E-state index contributed by atoms with van der Waals surface area (Å²) in [6.07, 6.45) is -0.927. The number of fused-ring (bicyclic) bond motifs is 1. The summed E-state index contributed by atoms with van der Waals surface area (Å²) in [4.78, 5) is 18.1. The largest absolute Gasteiger partial charge is 0.389 e. The van der Waals surface area contributed by atoms with Crippen LogP contribution in [0.2, 0.25) is 0 Å². The molecule has 1 saturated heterocycles. The highest BCUT2D eigenvalue weighted by Crippen LogP contribution is 2.30. The molecule has 0 aliphatic carbocycles. The second-order valence-electron chi connectivity index (χ2n) is 6.88. The van der Waals surface area contributed by atoms with Crippen LogP contribution < -0.4 is 5.32 Å². The Labute approximate surface area is 155 Å². The van der Waals surface area contributed by atoms with Crippen molar-refractivity contribution in [1.82, 2.24) is 24.8 Å². The van der Waals surface area contributed by atoms with E-state index in [0.717, 1.165) is 12.8 Å². The zero-order valence-corrected chi connectivity index (χ0v) is 16.1. The number of ether oxygens (including phenoxy) is 1. The van der Waals surface area contributed by atoms with Crippen LogP contribution in [-0.4, -0.2) is 60.9 Å². The Morgan fingerprint density at radius 2 is 2.23 bits per heavy atom. The van der Waals surface area contributed by atoms with Gasteiger partial charge in [0.05, 0.1) is 17.6 Å². The quantitative estimate of drug-likeness (QED) is 0.705. The van der Waals surface area contributed by atoms with Crippen LogP contribution in [0.15, 0.2) is 0 Å². The van der Waals surface area contributed by atoms with Crippen molar-refractivity contribution in [3.8, 4) is 0 Å². The van der Waals surface area contributed by atoms with E-state index in [-0.39, 0.29) is 30.0 Å². The molecule has 0 radical (unpaired) electrons. The summed E-state index contributed by atoms with van der Waals surface area (Å²) in [6.45, 7) is 2.57. The Kier molecular flexibility index (Phi) is 5.25. The fourth-order valence-electron chi connectivity index (χ4n) is 2.95.